The first-order valence-corrected chi connectivity index (χ1v) is 10.4. The van der Waals surface area contributed by atoms with Crippen LogP contribution in [0.5, 0.6) is 0 Å². The number of unbranched alkanes of at least 4 members (excludes halogenated alkanes) is 5. The number of rotatable bonds is 8. The molecule has 140 valence electrons. The number of carbonyl (C=O) groups excluding carboxylic acids is 1. The average Bonchev–Trinajstić information content (AvgIpc) is 2.99. The maximum atomic E-state index is 13.4. The largest absolute Gasteiger partial charge is 0.305 e. The van der Waals surface area contributed by atoms with Crippen molar-refractivity contribution in [1.29, 1.82) is 0 Å². The monoisotopic (exact) mass is 360 g/mol. The highest BCUT2D eigenvalue weighted by atomic mass is 16.2. The highest BCUT2D eigenvalue weighted by molar-refractivity contribution is 6.30. The van der Waals surface area contributed by atoms with E-state index in [1.165, 1.54) is 38.5 Å². The van der Waals surface area contributed by atoms with Crippen LogP contribution in [0.2, 0.25) is 0 Å². The zero-order valence-electron chi connectivity index (χ0n) is 16.4. The zero-order valence-corrected chi connectivity index (χ0v) is 16.4. The molecule has 2 aromatic carbocycles. The quantitative estimate of drug-likeness (QED) is 0.340. The number of carbonyl (C=O) groups is 1. The van der Waals surface area contributed by atoms with Crippen molar-refractivity contribution in [2.24, 2.45) is 0 Å². The molecule has 3 nitrogen and oxygen atoms in total. The van der Waals surface area contributed by atoms with E-state index in [9.17, 15) is 4.79 Å². The highest BCUT2D eigenvalue weighted by Gasteiger charge is 2.34. The predicted molar refractivity (Wildman–Crippen MR) is 114 cm³/mol. The van der Waals surface area contributed by atoms with E-state index in [4.69, 9.17) is 4.98 Å². The summed E-state index contributed by atoms with van der Waals surface area (Å²) in [6.45, 7) is 4.43. The second kappa shape index (κ2) is 7.67. The van der Waals surface area contributed by atoms with Crippen LogP contribution in [0.1, 0.15) is 69.2 Å². The van der Waals surface area contributed by atoms with Crippen molar-refractivity contribution in [3.63, 3.8) is 0 Å². The Morgan fingerprint density at radius 1 is 0.926 bits per heavy atom. The SMILES string of the molecule is CCCCCCCCC(C)N1C(=O)c2c3ccccc3nc3cccc1c23. The van der Waals surface area contributed by atoms with Gasteiger partial charge in [-0.2, -0.15) is 0 Å². The van der Waals surface area contributed by atoms with Gasteiger partial charge in [0.15, 0.2) is 0 Å². The van der Waals surface area contributed by atoms with Crippen molar-refractivity contribution < 1.29 is 4.79 Å². The summed E-state index contributed by atoms with van der Waals surface area (Å²) in [5.41, 5.74) is 3.69. The zero-order chi connectivity index (χ0) is 18.8. The van der Waals surface area contributed by atoms with E-state index < -0.39 is 0 Å². The van der Waals surface area contributed by atoms with E-state index in [1.54, 1.807) is 0 Å². The van der Waals surface area contributed by atoms with Gasteiger partial charge in [-0.05, 0) is 31.5 Å². The van der Waals surface area contributed by atoms with Crippen molar-refractivity contribution in [3.8, 4) is 0 Å². The standard InChI is InChI=1S/C24H28N2O/c1-3-4-5-6-7-8-12-17(2)26-21-16-11-15-20-23(21)22(24(26)27)18-13-9-10-14-19(18)25-20/h9-11,13-17H,3-8,12H2,1-2H3. The van der Waals surface area contributed by atoms with Crippen molar-refractivity contribution >= 4 is 33.4 Å². The number of amides is 1. The van der Waals surface area contributed by atoms with Crippen LogP contribution in [0.4, 0.5) is 5.69 Å². The number of pyridine rings is 1. The summed E-state index contributed by atoms with van der Waals surface area (Å²) in [6.07, 6.45) is 8.73. The maximum Gasteiger partial charge on any atom is 0.259 e. The molecule has 3 heteroatoms. The number of anilines is 1. The number of aromatic nitrogens is 1. The Kier molecular flexibility index (Phi) is 5.11. The third-order valence-corrected chi connectivity index (χ3v) is 5.79. The first-order valence-electron chi connectivity index (χ1n) is 10.4. The second-order valence-corrected chi connectivity index (χ2v) is 7.76. The molecule has 1 aliphatic heterocycles. The summed E-state index contributed by atoms with van der Waals surface area (Å²) in [4.78, 5) is 20.2. The van der Waals surface area contributed by atoms with Crippen molar-refractivity contribution in [3.05, 3.63) is 48.0 Å². The fourth-order valence-corrected chi connectivity index (χ4v) is 4.36. The average molecular weight is 361 g/mol. The molecule has 1 amide bonds. The summed E-state index contributed by atoms with van der Waals surface area (Å²) in [5, 5.41) is 1.99. The molecule has 1 atom stereocenters. The number of benzene rings is 2. The van der Waals surface area contributed by atoms with Crippen LogP contribution < -0.4 is 4.90 Å². The van der Waals surface area contributed by atoms with Gasteiger partial charge >= 0.3 is 0 Å². The van der Waals surface area contributed by atoms with Gasteiger partial charge in [0.2, 0.25) is 0 Å². The Morgan fingerprint density at radius 2 is 1.67 bits per heavy atom. The summed E-state index contributed by atoms with van der Waals surface area (Å²) >= 11 is 0. The Labute approximate surface area is 161 Å². The predicted octanol–water partition coefficient (Wildman–Crippen LogP) is 6.49. The van der Waals surface area contributed by atoms with Crippen molar-refractivity contribution in [2.45, 2.75) is 64.8 Å². The third kappa shape index (κ3) is 3.20. The fourth-order valence-electron chi connectivity index (χ4n) is 4.36. The Balaban J connectivity index is 1.60. The molecule has 1 aromatic heterocycles. The summed E-state index contributed by atoms with van der Waals surface area (Å²) in [5.74, 6) is 0.137. The van der Waals surface area contributed by atoms with Gasteiger partial charge in [-0.25, -0.2) is 4.98 Å². The second-order valence-electron chi connectivity index (χ2n) is 7.76. The first-order chi connectivity index (χ1) is 13.2. The van der Waals surface area contributed by atoms with Crippen molar-refractivity contribution in [1.82, 2.24) is 4.98 Å². The Bertz CT molecular complexity index is 979. The molecule has 0 saturated heterocycles. The molecule has 0 saturated carbocycles. The van der Waals surface area contributed by atoms with Gasteiger partial charge in [0.1, 0.15) is 0 Å². The molecule has 3 aromatic rings. The van der Waals surface area contributed by atoms with Crippen LogP contribution in [-0.2, 0) is 0 Å². The molecule has 2 heterocycles. The molecule has 27 heavy (non-hydrogen) atoms. The molecule has 0 N–H and O–H groups in total. The lowest BCUT2D eigenvalue weighted by Gasteiger charge is -2.25. The lowest BCUT2D eigenvalue weighted by molar-refractivity contribution is 0.0985. The van der Waals surface area contributed by atoms with Crippen LogP contribution in [0.15, 0.2) is 42.5 Å². The van der Waals surface area contributed by atoms with E-state index in [0.29, 0.717) is 0 Å². The minimum absolute atomic E-state index is 0.137. The maximum absolute atomic E-state index is 13.4. The molecule has 0 fully saturated rings. The lowest BCUT2D eigenvalue weighted by Crippen LogP contribution is -2.35. The molecule has 0 spiro atoms. The molecule has 0 bridgehead atoms. The summed E-state index contributed by atoms with van der Waals surface area (Å²) in [6, 6.07) is 14.3. The lowest BCUT2D eigenvalue weighted by atomic mass is 10.0. The van der Waals surface area contributed by atoms with Crippen LogP contribution in [0.25, 0.3) is 21.8 Å². The first kappa shape index (κ1) is 18.0. The van der Waals surface area contributed by atoms with E-state index in [1.807, 2.05) is 41.3 Å². The van der Waals surface area contributed by atoms with Gasteiger partial charge in [-0.3, -0.25) is 4.79 Å². The minimum Gasteiger partial charge on any atom is -0.305 e. The third-order valence-electron chi connectivity index (χ3n) is 5.79. The van der Waals surface area contributed by atoms with Crippen molar-refractivity contribution in [2.75, 3.05) is 4.90 Å². The highest BCUT2D eigenvalue weighted by Crippen LogP contribution is 2.41. The number of hydrogen-bond donors (Lipinski definition) is 0. The smallest absolute Gasteiger partial charge is 0.259 e. The number of hydrogen-bond acceptors (Lipinski definition) is 2. The minimum atomic E-state index is 0.137. The molecule has 0 radical (unpaired) electrons. The molecule has 4 rings (SSSR count). The number of nitrogens with zero attached hydrogens (tertiary/aromatic N) is 2. The molecule has 1 aliphatic rings. The van der Waals surface area contributed by atoms with Crippen LogP contribution in [0.3, 0.4) is 0 Å². The molecular weight excluding hydrogens is 332 g/mol. The number of para-hydroxylation sites is 1. The van der Waals surface area contributed by atoms with Gasteiger partial charge in [-0.1, -0.05) is 69.7 Å². The van der Waals surface area contributed by atoms with E-state index >= 15 is 0 Å². The van der Waals surface area contributed by atoms with Crippen LogP contribution in [-0.4, -0.2) is 16.9 Å². The topological polar surface area (TPSA) is 33.2 Å². The van der Waals surface area contributed by atoms with Gasteiger partial charge in [-0.15, -0.1) is 0 Å². The number of fused-ring (bicyclic) bond motifs is 2. The Morgan fingerprint density at radius 3 is 2.52 bits per heavy atom. The van der Waals surface area contributed by atoms with Gasteiger partial charge in [0.25, 0.3) is 5.91 Å². The van der Waals surface area contributed by atoms with E-state index in [2.05, 4.69) is 19.9 Å². The van der Waals surface area contributed by atoms with Gasteiger partial charge < -0.3 is 4.90 Å². The van der Waals surface area contributed by atoms with E-state index in [0.717, 1.165) is 39.5 Å². The summed E-state index contributed by atoms with van der Waals surface area (Å²) in [7, 11) is 0. The molecule has 0 aliphatic carbocycles. The van der Waals surface area contributed by atoms with Crippen LogP contribution >= 0.6 is 0 Å². The fraction of sp³-hybridized carbons (Fsp3) is 0.417. The van der Waals surface area contributed by atoms with E-state index in [-0.39, 0.29) is 11.9 Å². The molecule has 1 unspecified atom stereocenters. The molecular formula is C24H28N2O. The Hall–Kier alpha value is -2.42. The van der Waals surface area contributed by atoms with Gasteiger partial charge in [0, 0.05) is 16.8 Å². The van der Waals surface area contributed by atoms with Gasteiger partial charge in [0.05, 0.1) is 22.3 Å². The normalized spacial score (nSPS) is 14.4. The summed E-state index contributed by atoms with van der Waals surface area (Å²) < 4.78 is 0. The van der Waals surface area contributed by atoms with Crippen LogP contribution in [0, 0.1) is 0 Å².